The van der Waals surface area contributed by atoms with Gasteiger partial charge in [0, 0.05) is 30.6 Å². The molecule has 1 fully saturated rings. The highest BCUT2D eigenvalue weighted by Gasteiger charge is 2.30. The number of rotatable bonds is 2. The van der Waals surface area contributed by atoms with E-state index in [0.29, 0.717) is 17.2 Å². The molecule has 0 amide bonds. The maximum atomic E-state index is 6.31. The summed E-state index contributed by atoms with van der Waals surface area (Å²) in [4.78, 5) is 2.41. The maximum absolute atomic E-state index is 6.31. The van der Waals surface area contributed by atoms with Crippen LogP contribution in [0.15, 0.2) is 0 Å². The van der Waals surface area contributed by atoms with Crippen molar-refractivity contribution in [3.05, 3.63) is 5.69 Å². The largest absolute Gasteiger partial charge is 0.394 e. The molecule has 5 heteroatoms. The van der Waals surface area contributed by atoms with E-state index < -0.39 is 0 Å². The maximum Gasteiger partial charge on any atom is 0.150 e. The molecule has 4 nitrogen and oxygen atoms in total. The molecule has 1 saturated heterocycles. The summed E-state index contributed by atoms with van der Waals surface area (Å²) >= 11 is 2.04. The van der Waals surface area contributed by atoms with E-state index in [1.165, 1.54) is 0 Å². The number of aryl methyl sites for hydroxylation is 1. The van der Waals surface area contributed by atoms with Crippen molar-refractivity contribution in [2.24, 2.45) is 7.05 Å². The summed E-state index contributed by atoms with van der Waals surface area (Å²) in [7, 11) is 2.00. The van der Waals surface area contributed by atoms with Gasteiger partial charge in [-0.05, 0) is 12.8 Å². The summed E-state index contributed by atoms with van der Waals surface area (Å²) in [5.41, 5.74) is 8.19. The van der Waals surface area contributed by atoms with Gasteiger partial charge in [0.25, 0.3) is 0 Å². The van der Waals surface area contributed by atoms with Crippen LogP contribution in [0, 0.1) is 0 Å². The van der Waals surface area contributed by atoms with Gasteiger partial charge in [0.2, 0.25) is 0 Å². The van der Waals surface area contributed by atoms with Crippen LogP contribution in [0.2, 0.25) is 0 Å². The van der Waals surface area contributed by atoms with Crippen LogP contribution < -0.4 is 10.6 Å². The average molecular weight is 268 g/mol. The van der Waals surface area contributed by atoms with Gasteiger partial charge in [0.05, 0.1) is 11.4 Å². The highest BCUT2D eigenvalue weighted by molar-refractivity contribution is 8.00. The normalized spacial score (nSPS) is 24.9. The lowest BCUT2D eigenvalue weighted by Crippen LogP contribution is -2.45. The van der Waals surface area contributed by atoms with Crippen LogP contribution in [0.5, 0.6) is 0 Å². The van der Waals surface area contributed by atoms with Gasteiger partial charge >= 0.3 is 0 Å². The highest BCUT2D eigenvalue weighted by atomic mass is 32.2. The Morgan fingerprint density at radius 1 is 1.39 bits per heavy atom. The van der Waals surface area contributed by atoms with Crippen molar-refractivity contribution >= 4 is 23.3 Å². The number of hydrogen-bond donors (Lipinski definition) is 1. The number of anilines is 2. The van der Waals surface area contributed by atoms with E-state index >= 15 is 0 Å². The number of hydrogen-bond acceptors (Lipinski definition) is 4. The van der Waals surface area contributed by atoms with Crippen molar-refractivity contribution in [3.8, 4) is 0 Å². The predicted octanol–water partition coefficient (Wildman–Crippen LogP) is 2.46. The van der Waals surface area contributed by atoms with Gasteiger partial charge in [-0.3, -0.25) is 4.68 Å². The van der Waals surface area contributed by atoms with Crippen LogP contribution in [-0.4, -0.2) is 33.4 Å². The van der Waals surface area contributed by atoms with Gasteiger partial charge in [-0.2, -0.15) is 16.9 Å². The summed E-state index contributed by atoms with van der Waals surface area (Å²) in [6, 6.07) is 0.501. The third-order valence-electron chi connectivity index (χ3n) is 3.78. The first-order valence-corrected chi connectivity index (χ1v) is 7.69. The number of nitrogens with zero attached hydrogens (tertiary/aromatic N) is 3. The molecule has 1 aliphatic heterocycles. The van der Waals surface area contributed by atoms with Gasteiger partial charge in [-0.1, -0.05) is 20.8 Å². The van der Waals surface area contributed by atoms with E-state index in [2.05, 4.69) is 37.7 Å². The molecule has 2 atom stereocenters. The Hall–Kier alpha value is -0.840. The first-order chi connectivity index (χ1) is 8.43. The van der Waals surface area contributed by atoms with Crippen LogP contribution in [0.1, 0.15) is 39.3 Å². The van der Waals surface area contributed by atoms with Crippen molar-refractivity contribution < 1.29 is 0 Å². The van der Waals surface area contributed by atoms with Crippen molar-refractivity contribution in [1.29, 1.82) is 0 Å². The second kappa shape index (κ2) is 5.03. The van der Waals surface area contributed by atoms with Gasteiger partial charge < -0.3 is 10.6 Å². The zero-order valence-electron chi connectivity index (χ0n) is 12.0. The molecule has 1 aromatic heterocycles. The summed E-state index contributed by atoms with van der Waals surface area (Å²) in [6.45, 7) is 9.90. The van der Waals surface area contributed by atoms with Crippen molar-refractivity contribution in [1.82, 2.24) is 9.78 Å². The smallest absolute Gasteiger partial charge is 0.150 e. The van der Waals surface area contributed by atoms with Gasteiger partial charge in [0.1, 0.15) is 0 Å². The lowest BCUT2D eigenvalue weighted by molar-refractivity contribution is 0.597. The second-order valence-electron chi connectivity index (χ2n) is 5.41. The molecule has 0 saturated carbocycles. The molecule has 2 unspecified atom stereocenters. The SMILES string of the molecule is CC(C)c1nn(C)c(N2CCSC(C)C2C)c1N. The third kappa shape index (κ3) is 2.20. The minimum atomic E-state index is 0.372. The number of nitrogens with two attached hydrogens (primary N) is 1. The third-order valence-corrected chi connectivity index (χ3v) is 5.12. The molecule has 0 bridgehead atoms. The molecule has 0 radical (unpaired) electrons. The molecule has 102 valence electrons. The van der Waals surface area contributed by atoms with Crippen LogP contribution in [0.3, 0.4) is 0 Å². The van der Waals surface area contributed by atoms with Crippen molar-refractivity contribution in [2.75, 3.05) is 22.9 Å². The van der Waals surface area contributed by atoms with Gasteiger partial charge in [0.15, 0.2) is 5.82 Å². The Balaban J connectivity index is 2.38. The predicted molar refractivity (Wildman–Crippen MR) is 80.4 cm³/mol. The van der Waals surface area contributed by atoms with E-state index in [1.54, 1.807) is 0 Å². The minimum Gasteiger partial charge on any atom is -0.394 e. The van der Waals surface area contributed by atoms with Crippen LogP contribution in [0.4, 0.5) is 11.5 Å². The number of aromatic nitrogens is 2. The second-order valence-corrected chi connectivity index (χ2v) is 6.90. The zero-order chi connectivity index (χ0) is 13.4. The molecule has 0 aromatic carbocycles. The molecule has 2 N–H and O–H groups in total. The van der Waals surface area contributed by atoms with Crippen molar-refractivity contribution in [2.45, 2.75) is 44.9 Å². The van der Waals surface area contributed by atoms with Crippen LogP contribution in [0.25, 0.3) is 0 Å². The Morgan fingerprint density at radius 2 is 2.06 bits per heavy atom. The van der Waals surface area contributed by atoms with E-state index in [4.69, 9.17) is 5.73 Å². The molecular weight excluding hydrogens is 244 g/mol. The number of thioether (sulfide) groups is 1. The summed E-state index contributed by atoms with van der Waals surface area (Å²) in [6.07, 6.45) is 0. The summed E-state index contributed by atoms with van der Waals surface area (Å²) in [5, 5.41) is 5.22. The number of nitrogen functional groups attached to an aromatic ring is 1. The fraction of sp³-hybridized carbons (Fsp3) is 0.769. The van der Waals surface area contributed by atoms with Crippen LogP contribution >= 0.6 is 11.8 Å². The van der Waals surface area contributed by atoms with E-state index in [-0.39, 0.29) is 0 Å². The monoisotopic (exact) mass is 268 g/mol. The lowest BCUT2D eigenvalue weighted by Gasteiger charge is -2.39. The van der Waals surface area contributed by atoms with E-state index in [1.807, 2.05) is 23.5 Å². The minimum absolute atomic E-state index is 0.372. The average Bonchev–Trinajstić information content (AvgIpc) is 2.59. The zero-order valence-corrected chi connectivity index (χ0v) is 12.8. The molecule has 18 heavy (non-hydrogen) atoms. The fourth-order valence-corrected chi connectivity index (χ4v) is 3.65. The Bertz CT molecular complexity index is 427. The quantitative estimate of drug-likeness (QED) is 0.895. The molecule has 0 spiro atoms. The summed E-state index contributed by atoms with van der Waals surface area (Å²) in [5.74, 6) is 2.63. The summed E-state index contributed by atoms with van der Waals surface area (Å²) < 4.78 is 1.95. The molecule has 2 rings (SSSR count). The van der Waals surface area contributed by atoms with E-state index in [9.17, 15) is 0 Å². The standard InChI is InChI=1S/C13H24N4S/c1-8(2)12-11(14)13(16(5)15-12)17-6-7-18-10(4)9(17)3/h8-10H,6-7,14H2,1-5H3. The van der Waals surface area contributed by atoms with Gasteiger partial charge in [-0.25, -0.2) is 0 Å². The highest BCUT2D eigenvalue weighted by Crippen LogP contribution is 2.35. The molecule has 1 aliphatic rings. The van der Waals surface area contributed by atoms with Crippen molar-refractivity contribution in [3.63, 3.8) is 0 Å². The van der Waals surface area contributed by atoms with Gasteiger partial charge in [-0.15, -0.1) is 0 Å². The first-order valence-electron chi connectivity index (χ1n) is 6.64. The Labute approximate surface area is 114 Å². The molecule has 2 heterocycles. The topological polar surface area (TPSA) is 47.1 Å². The molecular formula is C13H24N4S. The Morgan fingerprint density at radius 3 is 2.61 bits per heavy atom. The van der Waals surface area contributed by atoms with Crippen LogP contribution in [-0.2, 0) is 7.05 Å². The molecule has 0 aliphatic carbocycles. The Kier molecular flexibility index (Phi) is 3.80. The van der Waals surface area contributed by atoms with E-state index in [0.717, 1.165) is 29.5 Å². The first kappa shape index (κ1) is 13.6. The fourth-order valence-electron chi connectivity index (χ4n) is 2.55. The lowest BCUT2D eigenvalue weighted by atomic mass is 10.1. The molecule has 1 aromatic rings.